The van der Waals surface area contributed by atoms with Gasteiger partial charge in [-0.05, 0) is 49.3 Å². The second kappa shape index (κ2) is 8.70. The average Bonchev–Trinajstić information content (AvgIpc) is 3.65. The van der Waals surface area contributed by atoms with E-state index in [0.717, 1.165) is 24.2 Å². The van der Waals surface area contributed by atoms with Crippen molar-refractivity contribution in [2.45, 2.75) is 31.8 Å². The number of hydrogen-bond acceptors (Lipinski definition) is 8. The molecule has 0 bridgehead atoms. The molecule has 1 saturated carbocycles. The number of nitrogens with one attached hydrogen (secondary N) is 2. The van der Waals surface area contributed by atoms with Crippen LogP contribution in [0.15, 0.2) is 47.5 Å². The first-order valence-corrected chi connectivity index (χ1v) is 11.6. The number of aromatic hydroxyl groups is 1. The van der Waals surface area contributed by atoms with Gasteiger partial charge >= 0.3 is 0 Å². The van der Waals surface area contributed by atoms with Gasteiger partial charge in [0.25, 0.3) is 5.56 Å². The van der Waals surface area contributed by atoms with E-state index in [4.69, 9.17) is 16.1 Å². The van der Waals surface area contributed by atoms with Crippen molar-refractivity contribution in [3.63, 3.8) is 0 Å². The Bertz CT molecular complexity index is 1550. The molecule has 0 radical (unpaired) electrons. The molecule has 1 aliphatic rings. The van der Waals surface area contributed by atoms with E-state index in [-0.39, 0.29) is 40.1 Å². The smallest absolute Gasteiger partial charge is 0.262 e. The molecule has 178 valence electrons. The molecular formula is C24H23FN7O2P. The molecule has 0 amide bonds. The normalized spacial score (nSPS) is 14.1. The number of phenolic OH excluding ortho intramolecular Hbond substituents is 1. The van der Waals surface area contributed by atoms with Crippen molar-refractivity contribution in [1.82, 2.24) is 19.5 Å². The van der Waals surface area contributed by atoms with Crippen molar-refractivity contribution in [2.75, 3.05) is 11.1 Å². The summed E-state index contributed by atoms with van der Waals surface area (Å²) in [5.41, 5.74) is 6.86. The highest BCUT2D eigenvalue weighted by atomic mass is 31.0. The number of rotatable bonds is 6. The van der Waals surface area contributed by atoms with Gasteiger partial charge in [0.1, 0.15) is 23.8 Å². The van der Waals surface area contributed by atoms with Crippen molar-refractivity contribution in [1.29, 1.82) is 5.41 Å². The summed E-state index contributed by atoms with van der Waals surface area (Å²) in [5, 5.41) is 22.7. The van der Waals surface area contributed by atoms with Crippen LogP contribution < -0.4 is 21.9 Å². The second-order valence-corrected chi connectivity index (χ2v) is 9.13. The van der Waals surface area contributed by atoms with E-state index in [9.17, 15) is 14.3 Å². The third kappa shape index (κ3) is 4.10. The van der Waals surface area contributed by atoms with Crippen molar-refractivity contribution in [3.05, 3.63) is 75.8 Å². The molecule has 0 spiro atoms. The summed E-state index contributed by atoms with van der Waals surface area (Å²) in [5.74, 6) is -0.537. The summed E-state index contributed by atoms with van der Waals surface area (Å²) in [6.45, 7) is 1.85. The number of nitrogens with two attached hydrogens (primary N) is 1. The van der Waals surface area contributed by atoms with Gasteiger partial charge < -0.3 is 16.2 Å². The van der Waals surface area contributed by atoms with Crippen LogP contribution in [0.25, 0.3) is 10.9 Å². The highest BCUT2D eigenvalue weighted by molar-refractivity contribution is 7.28. The summed E-state index contributed by atoms with van der Waals surface area (Å²) in [6, 6.07) is 8.76. The molecular weight excluding hydrogens is 468 g/mol. The quantitative estimate of drug-likeness (QED) is 0.240. The monoisotopic (exact) mass is 491 g/mol. The van der Waals surface area contributed by atoms with E-state index in [1.165, 1.54) is 18.5 Å². The molecule has 2 aromatic carbocycles. The lowest BCUT2D eigenvalue weighted by molar-refractivity contribution is 0.432. The average molecular weight is 491 g/mol. The van der Waals surface area contributed by atoms with Crippen LogP contribution in [0, 0.1) is 11.2 Å². The van der Waals surface area contributed by atoms with Gasteiger partial charge in [-0.2, -0.15) is 0 Å². The predicted octanol–water partition coefficient (Wildman–Crippen LogP) is 3.04. The number of nitrogens with zero attached hydrogens (tertiary/aromatic N) is 4. The van der Waals surface area contributed by atoms with Crippen molar-refractivity contribution in [3.8, 4) is 5.75 Å². The molecule has 0 aliphatic heterocycles. The van der Waals surface area contributed by atoms with Crippen LogP contribution in [0.3, 0.4) is 0 Å². The first-order chi connectivity index (χ1) is 16.8. The zero-order valence-electron chi connectivity index (χ0n) is 18.8. The highest BCUT2D eigenvalue weighted by Gasteiger charge is 2.31. The Balaban J connectivity index is 1.58. The minimum atomic E-state index is -0.854. The Labute approximate surface area is 202 Å². The number of anilines is 2. The SMILES string of the molecule is CC(Nc1ncnc(N)c1C(=N)c1ccc(O)c(F)c1)c1nc2cccc(P)c2c(=O)n1C1CC1. The van der Waals surface area contributed by atoms with Crippen LogP contribution >= 0.6 is 9.24 Å². The molecule has 5 N–H and O–H groups in total. The summed E-state index contributed by atoms with van der Waals surface area (Å²) < 4.78 is 15.7. The molecule has 2 aromatic heterocycles. The maximum Gasteiger partial charge on any atom is 0.262 e. The fourth-order valence-electron chi connectivity index (χ4n) is 4.11. The lowest BCUT2D eigenvalue weighted by Crippen LogP contribution is -2.30. The third-order valence-electron chi connectivity index (χ3n) is 6.00. The number of hydrogen-bond donors (Lipinski definition) is 4. The van der Waals surface area contributed by atoms with Crippen LogP contribution in [0.4, 0.5) is 16.0 Å². The zero-order valence-corrected chi connectivity index (χ0v) is 19.9. The van der Waals surface area contributed by atoms with Gasteiger partial charge in [0, 0.05) is 11.6 Å². The summed E-state index contributed by atoms with van der Waals surface area (Å²) >= 11 is 0. The molecule has 1 aliphatic carbocycles. The minimum Gasteiger partial charge on any atom is -0.505 e. The number of benzene rings is 2. The zero-order chi connectivity index (χ0) is 24.9. The molecule has 9 nitrogen and oxygen atoms in total. The van der Waals surface area contributed by atoms with E-state index in [0.29, 0.717) is 16.7 Å². The van der Waals surface area contributed by atoms with Crippen LogP contribution in [0.1, 0.15) is 48.8 Å². The first-order valence-electron chi connectivity index (χ1n) is 11.0. The highest BCUT2D eigenvalue weighted by Crippen LogP contribution is 2.36. The Morgan fingerprint density at radius 3 is 2.80 bits per heavy atom. The van der Waals surface area contributed by atoms with E-state index in [2.05, 4.69) is 24.5 Å². The van der Waals surface area contributed by atoms with E-state index >= 15 is 0 Å². The lowest BCUT2D eigenvalue weighted by Gasteiger charge is -2.22. The predicted molar refractivity (Wildman–Crippen MR) is 136 cm³/mol. The van der Waals surface area contributed by atoms with Gasteiger partial charge in [-0.25, -0.2) is 19.3 Å². The van der Waals surface area contributed by atoms with Crippen molar-refractivity contribution >= 4 is 42.8 Å². The Morgan fingerprint density at radius 1 is 1.31 bits per heavy atom. The van der Waals surface area contributed by atoms with Crippen LogP contribution in [0.2, 0.25) is 0 Å². The van der Waals surface area contributed by atoms with E-state index in [1.54, 1.807) is 10.6 Å². The summed E-state index contributed by atoms with van der Waals surface area (Å²) in [4.78, 5) is 26.5. The third-order valence-corrected chi connectivity index (χ3v) is 6.49. The second-order valence-electron chi connectivity index (χ2n) is 8.51. The van der Waals surface area contributed by atoms with Gasteiger partial charge in [-0.15, -0.1) is 9.24 Å². The van der Waals surface area contributed by atoms with E-state index < -0.39 is 17.6 Å². The largest absolute Gasteiger partial charge is 0.505 e. The van der Waals surface area contributed by atoms with Crippen LogP contribution in [-0.4, -0.2) is 30.3 Å². The fraction of sp³-hybridized carbons (Fsp3) is 0.208. The summed E-state index contributed by atoms with van der Waals surface area (Å²) in [6.07, 6.45) is 3.06. The number of nitrogen functional groups attached to an aromatic ring is 1. The molecule has 1 fully saturated rings. The van der Waals surface area contributed by atoms with Gasteiger partial charge in [0.05, 0.1) is 28.2 Å². The molecule has 11 heteroatoms. The fourth-order valence-corrected chi connectivity index (χ4v) is 4.49. The van der Waals surface area contributed by atoms with Gasteiger partial charge in [0.2, 0.25) is 0 Å². The van der Waals surface area contributed by atoms with Crippen molar-refractivity contribution < 1.29 is 9.50 Å². The van der Waals surface area contributed by atoms with Gasteiger partial charge in [-0.3, -0.25) is 14.8 Å². The molecule has 2 atom stereocenters. The molecule has 4 aromatic rings. The number of phenols is 1. The molecule has 5 rings (SSSR count). The maximum absolute atomic E-state index is 13.9. The number of aromatic nitrogens is 4. The Hall–Kier alpha value is -3.91. The van der Waals surface area contributed by atoms with Crippen LogP contribution in [-0.2, 0) is 0 Å². The topological polar surface area (TPSA) is 143 Å². The van der Waals surface area contributed by atoms with E-state index in [1.807, 2.05) is 19.1 Å². The van der Waals surface area contributed by atoms with Crippen LogP contribution in [0.5, 0.6) is 5.75 Å². The summed E-state index contributed by atoms with van der Waals surface area (Å²) in [7, 11) is 2.60. The minimum absolute atomic E-state index is 0.0342. The lowest BCUT2D eigenvalue weighted by atomic mass is 10.0. The maximum atomic E-state index is 13.9. The molecule has 0 saturated heterocycles. The molecule has 2 heterocycles. The van der Waals surface area contributed by atoms with Gasteiger partial charge in [-0.1, -0.05) is 12.1 Å². The first kappa shape index (κ1) is 22.9. The number of fused-ring (bicyclic) bond motifs is 1. The van der Waals surface area contributed by atoms with Crippen molar-refractivity contribution in [2.24, 2.45) is 0 Å². The molecule has 35 heavy (non-hydrogen) atoms. The Kier molecular flexibility index (Phi) is 5.68. The van der Waals surface area contributed by atoms with Gasteiger partial charge in [0.15, 0.2) is 11.6 Å². The Morgan fingerprint density at radius 2 is 2.09 bits per heavy atom. The standard InChI is InChI=1S/C24H23FN7O2P/c1-11(23-31-15-3-2-4-17(35)18(15)24(34)32(23)13-6-7-13)30-22-19(21(27)28-10-29-22)20(26)12-5-8-16(33)14(25)9-12/h2-5,8-11,13,26,33H,6-7,35H2,1H3,(H3,27,28,29,30). The number of halogens is 1. The molecule has 2 unspecified atom stereocenters.